The molecule has 126 valence electrons. The first-order valence-corrected chi connectivity index (χ1v) is 7.96. The first kappa shape index (κ1) is 16.8. The molecule has 0 unspecified atom stereocenters. The molecule has 0 aliphatic rings. The molecule has 1 heterocycles. The number of aromatic amines is 1. The summed E-state index contributed by atoms with van der Waals surface area (Å²) in [6.07, 6.45) is 1.66. The van der Waals surface area contributed by atoms with Crippen molar-refractivity contribution in [1.82, 2.24) is 14.9 Å². The molecule has 0 atom stereocenters. The minimum absolute atomic E-state index is 0.373. The van der Waals surface area contributed by atoms with Gasteiger partial charge in [-0.25, -0.2) is 9.89 Å². The van der Waals surface area contributed by atoms with Crippen molar-refractivity contribution < 1.29 is 9.53 Å². The van der Waals surface area contributed by atoms with Crippen LogP contribution in [0.15, 0.2) is 53.6 Å². The van der Waals surface area contributed by atoms with Crippen molar-refractivity contribution in [3.05, 3.63) is 70.0 Å². The van der Waals surface area contributed by atoms with Gasteiger partial charge in [-0.1, -0.05) is 42.0 Å². The summed E-state index contributed by atoms with van der Waals surface area (Å²) in [4.78, 5) is 11.5. The summed E-state index contributed by atoms with van der Waals surface area (Å²) in [5.74, 6) is 0.259. The minimum atomic E-state index is -0.373. The predicted octanol–water partition coefficient (Wildman–Crippen LogP) is 3.58. The number of ether oxygens (including phenoxy) is 1. The topological polar surface area (TPSA) is 72.3 Å². The molecule has 0 aliphatic carbocycles. The summed E-state index contributed by atoms with van der Waals surface area (Å²) in [5, 5.41) is 11.4. The SMILES string of the molecule is COC(=O)c1ccc(/C=N/n2c(-c3ccc(C)cc3)n[nH]c2=S)cc1. The quantitative estimate of drug-likeness (QED) is 0.442. The molecule has 2 aromatic carbocycles. The van der Waals surface area contributed by atoms with Gasteiger partial charge in [0.15, 0.2) is 5.82 Å². The van der Waals surface area contributed by atoms with Crippen LogP contribution in [0.25, 0.3) is 11.4 Å². The number of methoxy groups -OCH3 is 1. The zero-order chi connectivity index (χ0) is 17.8. The van der Waals surface area contributed by atoms with Gasteiger partial charge in [0.05, 0.1) is 18.9 Å². The number of aryl methyl sites for hydroxylation is 1. The highest BCUT2D eigenvalue weighted by Gasteiger charge is 2.08. The second-order valence-corrected chi connectivity index (χ2v) is 5.78. The molecule has 25 heavy (non-hydrogen) atoms. The summed E-state index contributed by atoms with van der Waals surface area (Å²) in [5.41, 5.74) is 3.39. The Morgan fingerprint density at radius 2 is 1.88 bits per heavy atom. The number of benzene rings is 2. The number of H-pyrrole nitrogens is 1. The number of nitrogens with one attached hydrogen (secondary N) is 1. The van der Waals surface area contributed by atoms with Crippen molar-refractivity contribution in [2.24, 2.45) is 5.10 Å². The number of carbonyl (C=O) groups is 1. The van der Waals surface area contributed by atoms with Crippen LogP contribution in [0.4, 0.5) is 0 Å². The van der Waals surface area contributed by atoms with Gasteiger partial charge in [0.2, 0.25) is 4.77 Å². The van der Waals surface area contributed by atoms with E-state index in [0.29, 0.717) is 16.2 Å². The van der Waals surface area contributed by atoms with Gasteiger partial charge in [-0.2, -0.15) is 14.9 Å². The zero-order valence-corrected chi connectivity index (χ0v) is 14.6. The van der Waals surface area contributed by atoms with Gasteiger partial charge in [-0.3, -0.25) is 0 Å². The third-order valence-electron chi connectivity index (χ3n) is 3.61. The summed E-state index contributed by atoms with van der Waals surface area (Å²) in [6, 6.07) is 14.9. The summed E-state index contributed by atoms with van der Waals surface area (Å²) in [6.45, 7) is 2.02. The van der Waals surface area contributed by atoms with Crippen molar-refractivity contribution in [2.75, 3.05) is 7.11 Å². The lowest BCUT2D eigenvalue weighted by Crippen LogP contribution is -2.01. The Kier molecular flexibility index (Phi) is 4.85. The number of aromatic nitrogens is 3. The van der Waals surface area contributed by atoms with E-state index >= 15 is 0 Å². The van der Waals surface area contributed by atoms with Crippen LogP contribution < -0.4 is 0 Å². The molecule has 0 bridgehead atoms. The van der Waals surface area contributed by atoms with Gasteiger partial charge >= 0.3 is 5.97 Å². The van der Waals surface area contributed by atoms with Gasteiger partial charge < -0.3 is 4.74 Å². The third kappa shape index (κ3) is 3.72. The Morgan fingerprint density at radius 1 is 1.20 bits per heavy atom. The molecule has 3 rings (SSSR count). The van der Waals surface area contributed by atoms with E-state index in [0.717, 1.165) is 11.1 Å². The summed E-state index contributed by atoms with van der Waals surface area (Å²) < 4.78 is 6.65. The van der Waals surface area contributed by atoms with E-state index in [1.54, 1.807) is 35.2 Å². The van der Waals surface area contributed by atoms with Crippen LogP contribution >= 0.6 is 12.2 Å². The zero-order valence-electron chi connectivity index (χ0n) is 13.8. The fourth-order valence-electron chi connectivity index (χ4n) is 2.24. The van der Waals surface area contributed by atoms with Crippen molar-refractivity contribution in [3.63, 3.8) is 0 Å². The molecule has 0 saturated heterocycles. The third-order valence-corrected chi connectivity index (χ3v) is 3.88. The molecule has 0 fully saturated rings. The van der Waals surface area contributed by atoms with E-state index in [1.165, 1.54) is 12.7 Å². The Labute approximate surface area is 149 Å². The maximum atomic E-state index is 11.5. The van der Waals surface area contributed by atoms with Crippen molar-refractivity contribution >= 4 is 24.4 Å². The first-order chi connectivity index (χ1) is 12.1. The maximum absolute atomic E-state index is 11.5. The molecule has 1 aromatic heterocycles. The van der Waals surface area contributed by atoms with E-state index in [9.17, 15) is 4.79 Å². The highest BCUT2D eigenvalue weighted by Crippen LogP contribution is 2.17. The second kappa shape index (κ2) is 7.23. The van der Waals surface area contributed by atoms with Crippen LogP contribution in [0.2, 0.25) is 0 Å². The van der Waals surface area contributed by atoms with E-state index < -0.39 is 0 Å². The molecular weight excluding hydrogens is 336 g/mol. The predicted molar refractivity (Wildman–Crippen MR) is 98.4 cm³/mol. The standard InChI is InChI=1S/C18H16N4O2S/c1-12-3-7-14(8-4-12)16-20-21-18(25)22(16)19-11-13-5-9-15(10-6-13)17(23)24-2/h3-11H,1-2H3,(H,21,25)/b19-11+. The lowest BCUT2D eigenvalue weighted by Gasteiger charge is -2.02. The van der Waals surface area contributed by atoms with Crippen LogP contribution in [0.3, 0.4) is 0 Å². The average molecular weight is 352 g/mol. The molecule has 6 nitrogen and oxygen atoms in total. The molecule has 7 heteroatoms. The van der Waals surface area contributed by atoms with Crippen molar-refractivity contribution in [1.29, 1.82) is 0 Å². The van der Waals surface area contributed by atoms with Gasteiger partial charge in [-0.15, -0.1) is 0 Å². The number of rotatable bonds is 4. The Morgan fingerprint density at radius 3 is 2.52 bits per heavy atom. The Hall–Kier alpha value is -3.06. The van der Waals surface area contributed by atoms with Crippen molar-refractivity contribution in [3.8, 4) is 11.4 Å². The number of carbonyl (C=O) groups excluding carboxylic acids is 1. The normalized spacial score (nSPS) is 11.0. The number of esters is 1. The van der Waals surface area contributed by atoms with E-state index in [4.69, 9.17) is 12.2 Å². The lowest BCUT2D eigenvalue weighted by atomic mass is 10.1. The Bertz CT molecular complexity index is 970. The molecule has 0 spiro atoms. The lowest BCUT2D eigenvalue weighted by molar-refractivity contribution is 0.0600. The largest absolute Gasteiger partial charge is 0.465 e. The smallest absolute Gasteiger partial charge is 0.337 e. The van der Waals surface area contributed by atoms with Gasteiger partial charge in [0, 0.05) is 5.56 Å². The van der Waals surface area contributed by atoms with Crippen LogP contribution in [0.1, 0.15) is 21.5 Å². The minimum Gasteiger partial charge on any atom is -0.465 e. The summed E-state index contributed by atoms with van der Waals surface area (Å²) >= 11 is 5.25. The highest BCUT2D eigenvalue weighted by molar-refractivity contribution is 7.71. The Balaban J connectivity index is 1.89. The molecule has 0 radical (unpaired) electrons. The first-order valence-electron chi connectivity index (χ1n) is 7.55. The average Bonchev–Trinajstić information content (AvgIpc) is 3.01. The molecule has 0 amide bonds. The van der Waals surface area contributed by atoms with Gasteiger partial charge in [-0.05, 0) is 36.8 Å². The van der Waals surface area contributed by atoms with E-state index in [-0.39, 0.29) is 5.97 Å². The van der Waals surface area contributed by atoms with E-state index in [2.05, 4.69) is 20.0 Å². The number of hydrogen-bond acceptors (Lipinski definition) is 5. The second-order valence-electron chi connectivity index (χ2n) is 5.39. The van der Waals surface area contributed by atoms with Crippen LogP contribution in [-0.2, 0) is 4.74 Å². The van der Waals surface area contributed by atoms with Gasteiger partial charge in [0.1, 0.15) is 0 Å². The van der Waals surface area contributed by atoms with Gasteiger partial charge in [0.25, 0.3) is 0 Å². The number of nitrogens with zero attached hydrogens (tertiary/aromatic N) is 3. The molecular formula is C18H16N4O2S. The van der Waals surface area contributed by atoms with E-state index in [1.807, 2.05) is 31.2 Å². The summed E-state index contributed by atoms with van der Waals surface area (Å²) in [7, 11) is 1.35. The fraction of sp³-hybridized carbons (Fsp3) is 0.111. The van der Waals surface area contributed by atoms with Crippen LogP contribution in [-0.4, -0.2) is 34.2 Å². The molecule has 1 N–H and O–H groups in total. The number of hydrogen-bond donors (Lipinski definition) is 1. The molecule has 3 aromatic rings. The molecule has 0 saturated carbocycles. The van der Waals surface area contributed by atoms with Crippen LogP contribution in [0, 0.1) is 11.7 Å². The monoisotopic (exact) mass is 352 g/mol. The maximum Gasteiger partial charge on any atom is 0.337 e. The highest BCUT2D eigenvalue weighted by atomic mass is 32.1. The fourth-order valence-corrected chi connectivity index (χ4v) is 2.42. The van der Waals surface area contributed by atoms with Crippen LogP contribution in [0.5, 0.6) is 0 Å². The molecule has 0 aliphatic heterocycles. The van der Waals surface area contributed by atoms with Crippen molar-refractivity contribution in [2.45, 2.75) is 6.92 Å².